The van der Waals surface area contributed by atoms with Crippen LogP contribution in [0.4, 0.5) is 5.69 Å². The predicted molar refractivity (Wildman–Crippen MR) is 137 cm³/mol. The van der Waals surface area contributed by atoms with Crippen molar-refractivity contribution < 1.29 is 9.53 Å². The van der Waals surface area contributed by atoms with E-state index in [-0.39, 0.29) is 36.0 Å². The first-order chi connectivity index (χ1) is 14.5. The zero-order valence-corrected chi connectivity index (χ0v) is 20.7. The van der Waals surface area contributed by atoms with Crippen molar-refractivity contribution in [2.75, 3.05) is 38.1 Å². The number of ether oxygens (including phenoxy) is 1. The number of hydrogen-bond donors (Lipinski definition) is 3. The second-order valence-electron chi connectivity index (χ2n) is 7.49. The summed E-state index contributed by atoms with van der Waals surface area (Å²) in [6.07, 6.45) is 0.00590. The van der Waals surface area contributed by atoms with E-state index in [1.165, 1.54) is 5.56 Å². The van der Waals surface area contributed by atoms with Crippen molar-refractivity contribution in [1.29, 1.82) is 0 Å². The van der Waals surface area contributed by atoms with E-state index in [0.717, 1.165) is 29.5 Å². The van der Waals surface area contributed by atoms with Gasteiger partial charge in [-0.15, -0.1) is 24.0 Å². The molecule has 0 spiro atoms. The third-order valence-corrected chi connectivity index (χ3v) is 4.91. The molecule has 0 aromatic heterocycles. The van der Waals surface area contributed by atoms with Crippen LogP contribution in [-0.2, 0) is 11.3 Å². The number of benzene rings is 2. The minimum absolute atomic E-state index is 0. The van der Waals surface area contributed by atoms with E-state index in [9.17, 15) is 4.79 Å². The van der Waals surface area contributed by atoms with Crippen molar-refractivity contribution >= 4 is 41.5 Å². The second kappa shape index (κ2) is 12.4. The molecule has 1 aliphatic heterocycles. The molecule has 1 unspecified atom stereocenters. The van der Waals surface area contributed by atoms with Gasteiger partial charge < -0.3 is 25.6 Å². The third-order valence-electron chi connectivity index (χ3n) is 4.91. The maximum atomic E-state index is 11.6. The number of carbonyl (C=O) groups excluding carboxylic acids is 1. The highest BCUT2D eigenvalue weighted by atomic mass is 127. The summed E-state index contributed by atoms with van der Waals surface area (Å²) in [4.78, 5) is 17.9. The van der Waals surface area contributed by atoms with E-state index in [1.54, 1.807) is 7.05 Å². The molecule has 168 valence electrons. The number of nitrogens with zero attached hydrogens (tertiary/aromatic N) is 2. The Labute approximate surface area is 201 Å². The van der Waals surface area contributed by atoms with Crippen LogP contribution in [0.5, 0.6) is 5.75 Å². The summed E-state index contributed by atoms with van der Waals surface area (Å²) in [6, 6.07) is 16.3. The van der Waals surface area contributed by atoms with Crippen LogP contribution in [0.3, 0.4) is 0 Å². The van der Waals surface area contributed by atoms with E-state index in [0.29, 0.717) is 26.2 Å². The summed E-state index contributed by atoms with van der Waals surface area (Å²) >= 11 is 0. The van der Waals surface area contributed by atoms with E-state index in [4.69, 9.17) is 4.74 Å². The number of piperazine rings is 1. The number of halogens is 1. The van der Waals surface area contributed by atoms with Crippen molar-refractivity contribution in [3.05, 3.63) is 59.7 Å². The molecular weight excluding hydrogens is 505 g/mol. The number of guanidine groups is 1. The number of rotatable bonds is 7. The molecule has 0 radical (unpaired) electrons. The lowest BCUT2D eigenvalue weighted by atomic mass is 10.2. The number of amides is 1. The number of carbonyl (C=O) groups is 1. The molecule has 1 aliphatic rings. The van der Waals surface area contributed by atoms with Gasteiger partial charge in [-0.1, -0.05) is 24.3 Å². The molecule has 3 N–H and O–H groups in total. The maximum absolute atomic E-state index is 11.6. The lowest BCUT2D eigenvalue weighted by Crippen LogP contribution is -2.47. The number of anilines is 1. The quantitative estimate of drug-likeness (QED) is 0.288. The highest BCUT2D eigenvalue weighted by Crippen LogP contribution is 2.16. The van der Waals surface area contributed by atoms with E-state index < -0.39 is 0 Å². The summed E-state index contributed by atoms with van der Waals surface area (Å²) in [5, 5.41) is 9.48. The van der Waals surface area contributed by atoms with Crippen LogP contribution in [-0.4, -0.2) is 51.2 Å². The van der Waals surface area contributed by atoms with Crippen LogP contribution < -0.4 is 25.6 Å². The molecule has 31 heavy (non-hydrogen) atoms. The number of aliphatic imine (C=N–C) groups is 1. The zero-order chi connectivity index (χ0) is 21.3. The normalized spacial score (nSPS) is 14.9. The van der Waals surface area contributed by atoms with E-state index in [1.807, 2.05) is 25.1 Å². The van der Waals surface area contributed by atoms with E-state index in [2.05, 4.69) is 63.1 Å². The minimum Gasteiger partial charge on any atom is -0.489 e. The van der Waals surface area contributed by atoms with Gasteiger partial charge in [0.05, 0.1) is 13.1 Å². The van der Waals surface area contributed by atoms with Gasteiger partial charge >= 0.3 is 0 Å². The Morgan fingerprint density at radius 3 is 2.68 bits per heavy atom. The summed E-state index contributed by atoms with van der Waals surface area (Å²) in [6.45, 7) is 7.33. The minimum atomic E-state index is 0. The Morgan fingerprint density at radius 1 is 1.23 bits per heavy atom. The average molecular weight is 537 g/mol. The molecule has 1 heterocycles. The standard InChI is InChI=1S/C23H31N5O2.HI/c1-17-5-4-6-21(13-17)30-18(2)14-26-23(24-3)27-15-19-7-9-20(10-8-19)28-12-11-25-22(29)16-28;/h4-10,13,18H,11-12,14-16H2,1-3H3,(H,25,29)(H2,24,26,27);1H. The van der Waals surface area contributed by atoms with Gasteiger partial charge in [-0.05, 0) is 49.2 Å². The van der Waals surface area contributed by atoms with Crippen LogP contribution in [0.15, 0.2) is 53.5 Å². The predicted octanol–water partition coefficient (Wildman–Crippen LogP) is 2.68. The second-order valence-corrected chi connectivity index (χ2v) is 7.49. The summed E-state index contributed by atoms with van der Waals surface area (Å²) < 4.78 is 5.95. The molecule has 2 aromatic rings. The molecule has 1 atom stereocenters. The fourth-order valence-electron chi connectivity index (χ4n) is 3.29. The van der Waals surface area contributed by atoms with Gasteiger partial charge in [0, 0.05) is 32.4 Å². The Hall–Kier alpha value is -2.49. The Morgan fingerprint density at radius 2 is 2.00 bits per heavy atom. The van der Waals surface area contributed by atoms with Crippen LogP contribution in [0.1, 0.15) is 18.1 Å². The number of hydrogen-bond acceptors (Lipinski definition) is 4. The Balaban J connectivity index is 0.00000341. The first kappa shape index (κ1) is 24.8. The van der Waals surface area contributed by atoms with Gasteiger partial charge in [0.1, 0.15) is 11.9 Å². The van der Waals surface area contributed by atoms with Crippen LogP contribution in [0, 0.1) is 6.92 Å². The molecule has 3 rings (SSSR count). The molecule has 0 saturated carbocycles. The molecule has 7 nitrogen and oxygen atoms in total. The van der Waals surface area contributed by atoms with Gasteiger partial charge in [0.2, 0.25) is 5.91 Å². The number of nitrogens with one attached hydrogen (secondary N) is 3. The molecule has 0 aliphatic carbocycles. The molecule has 0 bridgehead atoms. The average Bonchev–Trinajstić information content (AvgIpc) is 2.74. The van der Waals surface area contributed by atoms with E-state index >= 15 is 0 Å². The highest BCUT2D eigenvalue weighted by molar-refractivity contribution is 14.0. The number of aryl methyl sites for hydroxylation is 1. The van der Waals surface area contributed by atoms with Gasteiger partial charge in [-0.2, -0.15) is 0 Å². The maximum Gasteiger partial charge on any atom is 0.239 e. The first-order valence-electron chi connectivity index (χ1n) is 10.3. The SMILES string of the molecule is CN=C(NCc1ccc(N2CCNC(=O)C2)cc1)NCC(C)Oc1cccc(C)c1.I. The van der Waals surface area contributed by atoms with Crippen molar-refractivity contribution in [2.24, 2.45) is 4.99 Å². The molecule has 1 saturated heterocycles. The summed E-state index contributed by atoms with van der Waals surface area (Å²) in [5.74, 6) is 1.67. The summed E-state index contributed by atoms with van der Waals surface area (Å²) in [5.41, 5.74) is 3.39. The van der Waals surface area contributed by atoms with Crippen molar-refractivity contribution in [3.8, 4) is 5.75 Å². The molecule has 2 aromatic carbocycles. The van der Waals surface area contributed by atoms with Crippen molar-refractivity contribution in [1.82, 2.24) is 16.0 Å². The monoisotopic (exact) mass is 537 g/mol. The van der Waals surface area contributed by atoms with Crippen LogP contribution >= 0.6 is 24.0 Å². The van der Waals surface area contributed by atoms with Gasteiger partial charge in [-0.25, -0.2) is 0 Å². The van der Waals surface area contributed by atoms with Gasteiger partial charge in [0.25, 0.3) is 0 Å². The zero-order valence-electron chi connectivity index (χ0n) is 18.4. The first-order valence-corrected chi connectivity index (χ1v) is 10.3. The van der Waals surface area contributed by atoms with Crippen LogP contribution in [0.25, 0.3) is 0 Å². The largest absolute Gasteiger partial charge is 0.489 e. The van der Waals surface area contributed by atoms with Crippen LogP contribution in [0.2, 0.25) is 0 Å². The fourth-order valence-corrected chi connectivity index (χ4v) is 3.29. The Bertz CT molecular complexity index is 873. The lowest BCUT2D eigenvalue weighted by Gasteiger charge is -2.28. The third kappa shape index (κ3) is 7.93. The lowest BCUT2D eigenvalue weighted by molar-refractivity contribution is -0.120. The summed E-state index contributed by atoms with van der Waals surface area (Å²) in [7, 11) is 1.76. The molecule has 1 fully saturated rings. The van der Waals surface area contributed by atoms with Crippen molar-refractivity contribution in [2.45, 2.75) is 26.5 Å². The van der Waals surface area contributed by atoms with Gasteiger partial charge in [-0.3, -0.25) is 9.79 Å². The molecule has 1 amide bonds. The highest BCUT2D eigenvalue weighted by Gasteiger charge is 2.16. The fraction of sp³-hybridized carbons (Fsp3) is 0.391. The smallest absolute Gasteiger partial charge is 0.239 e. The topological polar surface area (TPSA) is 78.0 Å². The molecule has 8 heteroatoms. The van der Waals surface area contributed by atoms with Gasteiger partial charge in [0.15, 0.2) is 5.96 Å². The Kier molecular flexibility index (Phi) is 9.90. The van der Waals surface area contributed by atoms with Crippen molar-refractivity contribution in [3.63, 3.8) is 0 Å². The molecular formula is C23H32IN5O2.